The first kappa shape index (κ1) is 18.4. The number of hydrogen-bond donors (Lipinski definition) is 2. The molecular weight excluding hydrogens is 286 g/mol. The Morgan fingerprint density at radius 3 is 2.48 bits per heavy atom. The van der Waals surface area contributed by atoms with Gasteiger partial charge in [-0.25, -0.2) is 0 Å². The van der Waals surface area contributed by atoms with Gasteiger partial charge in [-0.2, -0.15) is 0 Å². The quantitative estimate of drug-likeness (QED) is 0.648. The number of aryl methyl sites for hydroxylation is 2. The maximum atomic E-state index is 9.94. The number of benzene rings is 1. The van der Waals surface area contributed by atoms with E-state index in [1.807, 2.05) is 0 Å². The lowest BCUT2D eigenvalue weighted by Gasteiger charge is -2.15. The van der Waals surface area contributed by atoms with Crippen molar-refractivity contribution >= 4 is 0 Å². The van der Waals surface area contributed by atoms with Crippen LogP contribution < -0.4 is 5.73 Å². The van der Waals surface area contributed by atoms with Gasteiger partial charge in [-0.1, -0.05) is 63.3 Å². The summed E-state index contributed by atoms with van der Waals surface area (Å²) in [4.78, 5) is 0. The van der Waals surface area contributed by atoms with Gasteiger partial charge in [0.05, 0.1) is 24.9 Å². The van der Waals surface area contributed by atoms with Gasteiger partial charge in [0, 0.05) is 0 Å². The van der Waals surface area contributed by atoms with Crippen molar-refractivity contribution in [3.63, 3.8) is 0 Å². The summed E-state index contributed by atoms with van der Waals surface area (Å²) >= 11 is 0. The highest BCUT2D eigenvalue weighted by Gasteiger charge is 2.32. The number of ether oxygens (including phenoxy) is 1. The lowest BCUT2D eigenvalue weighted by molar-refractivity contribution is 0.0362. The Bertz CT molecular complexity index is 449. The maximum Gasteiger partial charge on any atom is 0.0974 e. The second-order valence-corrected chi connectivity index (χ2v) is 6.90. The van der Waals surface area contributed by atoms with Crippen molar-refractivity contribution in [2.75, 3.05) is 6.61 Å². The minimum absolute atomic E-state index is 0.104. The number of rotatable bonds is 10. The summed E-state index contributed by atoms with van der Waals surface area (Å²) in [5, 5.41) is 9.94. The first-order valence-corrected chi connectivity index (χ1v) is 9.33. The molecule has 1 saturated heterocycles. The first-order valence-electron chi connectivity index (χ1n) is 9.33. The summed E-state index contributed by atoms with van der Waals surface area (Å²) in [6.07, 6.45) is 10.4. The Hall–Kier alpha value is -0.900. The minimum Gasteiger partial charge on any atom is -0.389 e. The molecule has 0 aromatic heterocycles. The number of hydrogen-bond acceptors (Lipinski definition) is 3. The average molecular weight is 319 g/mol. The molecule has 3 nitrogen and oxygen atoms in total. The van der Waals surface area contributed by atoms with Crippen molar-refractivity contribution < 1.29 is 9.84 Å². The summed E-state index contributed by atoms with van der Waals surface area (Å²) in [5.74, 6) is 0. The average Bonchev–Trinajstić information content (AvgIpc) is 2.88. The third-order valence-corrected chi connectivity index (χ3v) is 4.85. The molecule has 3 N–H and O–H groups in total. The zero-order valence-electron chi connectivity index (χ0n) is 14.5. The van der Waals surface area contributed by atoms with Gasteiger partial charge in [0.2, 0.25) is 0 Å². The van der Waals surface area contributed by atoms with E-state index < -0.39 is 6.10 Å². The standard InChI is InChI=1S/C20H33NO2/c1-2-3-4-5-6-7-9-16-10-8-11-17(14-16)12-13-19-20(22)18(21)15-23-19/h8,10-11,14,18-20,22H,2-7,9,12-13,15,21H2,1H3/t18-,19+,20+/m1/s1. The van der Waals surface area contributed by atoms with Crippen LogP contribution in [0.15, 0.2) is 24.3 Å². The lowest BCUT2D eigenvalue weighted by Crippen LogP contribution is -2.36. The molecule has 130 valence electrons. The van der Waals surface area contributed by atoms with Crippen LogP contribution in [0.1, 0.15) is 63.0 Å². The molecule has 3 atom stereocenters. The molecule has 0 saturated carbocycles. The summed E-state index contributed by atoms with van der Waals surface area (Å²) in [6.45, 7) is 2.73. The van der Waals surface area contributed by atoms with E-state index in [2.05, 4.69) is 31.2 Å². The molecule has 2 rings (SSSR count). The Morgan fingerprint density at radius 2 is 1.78 bits per heavy atom. The highest BCUT2D eigenvalue weighted by Crippen LogP contribution is 2.19. The number of unbranched alkanes of at least 4 members (excludes halogenated alkanes) is 5. The van der Waals surface area contributed by atoms with E-state index in [0.29, 0.717) is 6.61 Å². The normalized spacial score (nSPS) is 24.2. The van der Waals surface area contributed by atoms with Crippen molar-refractivity contribution in [3.05, 3.63) is 35.4 Å². The van der Waals surface area contributed by atoms with E-state index in [1.165, 1.54) is 56.1 Å². The lowest BCUT2D eigenvalue weighted by atomic mass is 9.98. The first-order chi connectivity index (χ1) is 11.2. The fourth-order valence-corrected chi connectivity index (χ4v) is 3.32. The molecule has 1 aliphatic heterocycles. The van der Waals surface area contributed by atoms with E-state index in [1.54, 1.807) is 0 Å². The Balaban J connectivity index is 1.70. The maximum absolute atomic E-state index is 9.94. The van der Waals surface area contributed by atoms with Gasteiger partial charge in [-0.05, 0) is 36.8 Å². The molecule has 3 heteroatoms. The van der Waals surface area contributed by atoms with Crippen LogP contribution in [0.4, 0.5) is 0 Å². The SMILES string of the molecule is CCCCCCCCc1cccc(CC[C@@H]2OC[C@@H](N)[C@@H]2O)c1. The van der Waals surface area contributed by atoms with E-state index in [-0.39, 0.29) is 12.1 Å². The number of nitrogens with two attached hydrogens (primary N) is 1. The molecule has 1 heterocycles. The van der Waals surface area contributed by atoms with Crippen LogP contribution in [-0.4, -0.2) is 30.0 Å². The van der Waals surface area contributed by atoms with E-state index in [9.17, 15) is 5.11 Å². The van der Waals surface area contributed by atoms with Crippen molar-refractivity contribution in [2.45, 2.75) is 83.0 Å². The molecule has 0 radical (unpaired) electrons. The van der Waals surface area contributed by atoms with Crippen LogP contribution in [0.3, 0.4) is 0 Å². The van der Waals surface area contributed by atoms with Crippen LogP contribution >= 0.6 is 0 Å². The summed E-state index contributed by atoms with van der Waals surface area (Å²) in [7, 11) is 0. The van der Waals surface area contributed by atoms with Crippen LogP contribution in [0.5, 0.6) is 0 Å². The van der Waals surface area contributed by atoms with E-state index in [0.717, 1.165) is 12.8 Å². The highest BCUT2D eigenvalue weighted by atomic mass is 16.5. The third-order valence-electron chi connectivity index (χ3n) is 4.85. The van der Waals surface area contributed by atoms with E-state index >= 15 is 0 Å². The van der Waals surface area contributed by atoms with Crippen molar-refractivity contribution in [3.8, 4) is 0 Å². The molecule has 0 spiro atoms. The molecule has 1 aromatic rings. The third kappa shape index (κ3) is 6.25. The van der Waals surface area contributed by atoms with Crippen molar-refractivity contribution in [1.29, 1.82) is 0 Å². The monoisotopic (exact) mass is 319 g/mol. The van der Waals surface area contributed by atoms with Gasteiger partial charge in [-0.3, -0.25) is 0 Å². The fourth-order valence-electron chi connectivity index (χ4n) is 3.32. The molecule has 0 amide bonds. The zero-order valence-corrected chi connectivity index (χ0v) is 14.5. The smallest absolute Gasteiger partial charge is 0.0974 e. The summed E-state index contributed by atoms with van der Waals surface area (Å²) in [6, 6.07) is 8.64. The largest absolute Gasteiger partial charge is 0.389 e. The topological polar surface area (TPSA) is 55.5 Å². The predicted molar refractivity (Wildman–Crippen MR) is 95.6 cm³/mol. The van der Waals surface area contributed by atoms with Crippen molar-refractivity contribution in [1.82, 2.24) is 0 Å². The molecule has 1 aromatic carbocycles. The second-order valence-electron chi connectivity index (χ2n) is 6.90. The van der Waals surface area contributed by atoms with Crippen LogP contribution in [0.2, 0.25) is 0 Å². The zero-order chi connectivity index (χ0) is 16.5. The second kappa shape index (κ2) is 10.1. The van der Waals surface area contributed by atoms with Crippen LogP contribution in [0, 0.1) is 0 Å². The molecule has 23 heavy (non-hydrogen) atoms. The Kier molecular flexibility index (Phi) is 8.07. The summed E-state index contributed by atoms with van der Waals surface area (Å²) in [5.41, 5.74) is 8.56. The molecular formula is C20H33NO2. The highest BCUT2D eigenvalue weighted by molar-refractivity contribution is 5.23. The van der Waals surface area contributed by atoms with Gasteiger partial charge >= 0.3 is 0 Å². The van der Waals surface area contributed by atoms with E-state index in [4.69, 9.17) is 10.5 Å². The number of aliphatic hydroxyl groups excluding tert-OH is 1. The Labute approximate surface area is 141 Å². The summed E-state index contributed by atoms with van der Waals surface area (Å²) < 4.78 is 5.57. The molecule has 0 aliphatic carbocycles. The molecule has 0 bridgehead atoms. The minimum atomic E-state index is -0.513. The molecule has 1 fully saturated rings. The Morgan fingerprint density at radius 1 is 1.09 bits per heavy atom. The molecule has 1 aliphatic rings. The molecule has 0 unspecified atom stereocenters. The fraction of sp³-hybridized carbons (Fsp3) is 0.700. The van der Waals surface area contributed by atoms with Gasteiger partial charge in [-0.15, -0.1) is 0 Å². The van der Waals surface area contributed by atoms with Crippen LogP contribution in [-0.2, 0) is 17.6 Å². The number of aliphatic hydroxyl groups is 1. The van der Waals surface area contributed by atoms with Crippen molar-refractivity contribution in [2.24, 2.45) is 5.73 Å². The predicted octanol–water partition coefficient (Wildman–Crippen LogP) is 3.61. The van der Waals surface area contributed by atoms with Gasteiger partial charge < -0.3 is 15.6 Å². The van der Waals surface area contributed by atoms with Gasteiger partial charge in [0.1, 0.15) is 0 Å². The van der Waals surface area contributed by atoms with Gasteiger partial charge in [0.25, 0.3) is 0 Å². The van der Waals surface area contributed by atoms with Gasteiger partial charge in [0.15, 0.2) is 0 Å². The van der Waals surface area contributed by atoms with Crippen LogP contribution in [0.25, 0.3) is 0 Å².